The van der Waals surface area contributed by atoms with Gasteiger partial charge in [-0.25, -0.2) is 9.59 Å². The van der Waals surface area contributed by atoms with Gasteiger partial charge in [-0.05, 0) is 93.7 Å². The minimum Gasteiger partial charge on any atom is -0.462 e. The van der Waals surface area contributed by atoms with Gasteiger partial charge in [0.1, 0.15) is 12.7 Å². The molecule has 2 N–H and O–H groups in total. The molecule has 1 saturated heterocycles. The molecule has 0 aromatic carbocycles. The van der Waals surface area contributed by atoms with Crippen LogP contribution in [0.1, 0.15) is 78.6 Å². The van der Waals surface area contributed by atoms with Gasteiger partial charge in [-0.15, -0.1) is 0 Å². The number of esters is 2. The fourth-order valence-electron chi connectivity index (χ4n) is 10.4. The number of nitrogens with zero attached hydrogens (tertiary/aromatic N) is 2. The third-order valence-corrected chi connectivity index (χ3v) is 12.6. The second-order valence-corrected chi connectivity index (χ2v) is 14.6. The highest BCUT2D eigenvalue weighted by Gasteiger charge is 2.71. The maximum absolute atomic E-state index is 13.2. The molecule has 2 aliphatic heterocycles. The van der Waals surface area contributed by atoms with Crippen molar-refractivity contribution < 1.29 is 29.0 Å². The van der Waals surface area contributed by atoms with Gasteiger partial charge in [0.15, 0.2) is 0 Å². The average molecular weight is 572 g/mol. The lowest BCUT2D eigenvalue weighted by atomic mass is 9.43. The molecule has 5 fully saturated rings. The molecule has 0 spiro atoms. The molecule has 2 amide bonds. The number of ether oxygens (including phenoxy) is 2. The molecule has 4 aliphatic carbocycles. The van der Waals surface area contributed by atoms with Crippen molar-refractivity contribution in [2.24, 2.45) is 34.5 Å². The summed E-state index contributed by atoms with van der Waals surface area (Å²) in [5.41, 5.74) is -0.520. The molecule has 0 aromatic heterocycles. The number of nitrogens with one attached hydrogen (secondary N) is 1. The number of carbonyl (C=O) groups excluding carboxylic acids is 3. The first-order valence-electron chi connectivity index (χ1n) is 16.0. The van der Waals surface area contributed by atoms with E-state index in [0.717, 1.165) is 83.1 Å². The number of fused-ring (bicyclic) bond motifs is 5. The van der Waals surface area contributed by atoms with Gasteiger partial charge in [0.2, 0.25) is 0 Å². The summed E-state index contributed by atoms with van der Waals surface area (Å²) in [5.74, 6) is 0.0784. The Bertz CT molecular complexity index is 1110. The number of carbonyl (C=O) groups is 3. The van der Waals surface area contributed by atoms with Crippen LogP contribution < -0.4 is 5.32 Å². The highest BCUT2D eigenvalue weighted by molar-refractivity contribution is 5.85. The molecule has 0 unspecified atom stereocenters. The van der Waals surface area contributed by atoms with Crippen LogP contribution in [-0.2, 0) is 19.1 Å². The molecule has 228 valence electrons. The third-order valence-electron chi connectivity index (χ3n) is 12.6. The zero-order valence-corrected chi connectivity index (χ0v) is 25.3. The van der Waals surface area contributed by atoms with Crippen LogP contribution in [-0.4, -0.2) is 90.5 Å². The van der Waals surface area contributed by atoms with Crippen molar-refractivity contribution in [3.63, 3.8) is 0 Å². The van der Waals surface area contributed by atoms with Gasteiger partial charge in [-0.1, -0.05) is 13.8 Å². The fraction of sp³-hybridized carbons (Fsp3) is 0.844. The predicted molar refractivity (Wildman–Crippen MR) is 153 cm³/mol. The largest absolute Gasteiger partial charge is 0.462 e. The molecule has 6 aliphatic rings. The smallest absolute Gasteiger partial charge is 0.331 e. The fourth-order valence-corrected chi connectivity index (χ4v) is 10.4. The number of rotatable bonds is 3. The van der Waals surface area contributed by atoms with Crippen molar-refractivity contribution in [3.05, 3.63) is 11.6 Å². The van der Waals surface area contributed by atoms with Crippen LogP contribution in [0.15, 0.2) is 11.6 Å². The van der Waals surface area contributed by atoms with E-state index in [1.807, 2.05) is 4.90 Å². The van der Waals surface area contributed by atoms with Gasteiger partial charge >= 0.3 is 18.0 Å². The highest BCUT2D eigenvalue weighted by atomic mass is 16.5. The quantitative estimate of drug-likeness (QED) is 0.499. The Morgan fingerprint density at radius 2 is 1.88 bits per heavy atom. The maximum Gasteiger partial charge on any atom is 0.331 e. The lowest BCUT2D eigenvalue weighted by Gasteiger charge is -2.63. The van der Waals surface area contributed by atoms with Crippen LogP contribution in [0.5, 0.6) is 0 Å². The predicted octanol–water partition coefficient (Wildman–Crippen LogP) is 3.50. The van der Waals surface area contributed by atoms with Crippen molar-refractivity contribution >= 4 is 18.0 Å². The number of aliphatic hydroxyl groups is 1. The summed E-state index contributed by atoms with van der Waals surface area (Å²) in [6.07, 6.45) is 9.34. The highest BCUT2D eigenvalue weighted by Crippen LogP contribution is 2.70. The van der Waals surface area contributed by atoms with Crippen LogP contribution in [0.3, 0.4) is 0 Å². The van der Waals surface area contributed by atoms with E-state index in [4.69, 9.17) is 9.47 Å². The van der Waals surface area contributed by atoms with Crippen LogP contribution in [0.2, 0.25) is 0 Å². The summed E-state index contributed by atoms with van der Waals surface area (Å²) in [6.45, 7) is 9.78. The molecule has 4 saturated carbocycles. The molecule has 0 radical (unpaired) electrons. The van der Waals surface area contributed by atoms with Gasteiger partial charge in [-0.2, -0.15) is 0 Å². The Kier molecular flexibility index (Phi) is 7.45. The second-order valence-electron chi connectivity index (χ2n) is 14.6. The first kappa shape index (κ1) is 29.0. The lowest BCUT2D eigenvalue weighted by molar-refractivity contribution is -0.204. The molecule has 9 atom stereocenters. The monoisotopic (exact) mass is 571 g/mol. The minimum atomic E-state index is -0.980. The van der Waals surface area contributed by atoms with E-state index in [1.165, 1.54) is 6.92 Å². The summed E-state index contributed by atoms with van der Waals surface area (Å²) in [5, 5.41) is 16.1. The summed E-state index contributed by atoms with van der Waals surface area (Å²) in [7, 11) is 2.12. The van der Waals surface area contributed by atoms with E-state index in [-0.39, 0.29) is 47.9 Å². The molecule has 2 heterocycles. The Hall–Kier alpha value is -2.13. The van der Waals surface area contributed by atoms with E-state index >= 15 is 0 Å². The van der Waals surface area contributed by atoms with Crippen molar-refractivity contribution in [2.75, 3.05) is 39.8 Å². The lowest BCUT2D eigenvalue weighted by Crippen LogP contribution is -2.63. The second kappa shape index (κ2) is 10.5. The van der Waals surface area contributed by atoms with E-state index in [2.05, 4.69) is 31.1 Å². The van der Waals surface area contributed by atoms with Gasteiger partial charge in [0, 0.05) is 56.4 Å². The van der Waals surface area contributed by atoms with E-state index in [9.17, 15) is 19.5 Å². The summed E-state index contributed by atoms with van der Waals surface area (Å²) >= 11 is 0. The van der Waals surface area contributed by atoms with Crippen molar-refractivity contribution in [1.82, 2.24) is 15.1 Å². The minimum absolute atomic E-state index is 0.0857. The first-order valence-corrected chi connectivity index (χ1v) is 16.0. The van der Waals surface area contributed by atoms with Crippen molar-refractivity contribution in [3.8, 4) is 0 Å². The van der Waals surface area contributed by atoms with Crippen molar-refractivity contribution in [1.29, 1.82) is 0 Å². The maximum atomic E-state index is 13.2. The number of urea groups is 1. The van der Waals surface area contributed by atoms with E-state index < -0.39 is 17.1 Å². The summed E-state index contributed by atoms with van der Waals surface area (Å²) in [6, 6.07) is 0.286. The summed E-state index contributed by atoms with van der Waals surface area (Å²) in [4.78, 5) is 41.6. The van der Waals surface area contributed by atoms with Crippen LogP contribution >= 0.6 is 0 Å². The molecule has 9 nitrogen and oxygen atoms in total. The van der Waals surface area contributed by atoms with Crippen molar-refractivity contribution in [2.45, 2.75) is 96.3 Å². The number of amides is 2. The molecule has 0 bridgehead atoms. The normalized spacial score (nSPS) is 44.6. The number of likely N-dealkylation sites (N-methyl/N-ethyl adjacent to an activating group) is 1. The third kappa shape index (κ3) is 4.79. The SMILES string of the molecule is CC(=O)O[C@H]1C[C@]2(O)[C@@H]3CC[C@@H]4C[C@@H](NC(=O)N5CCCN(C)CC5)CC[C@]4(C)[C@H]3CC[C@]2(C)[C@H]1C1=CC(=O)OC1. The Morgan fingerprint density at radius 1 is 1.07 bits per heavy atom. The molecule has 9 heteroatoms. The number of hydrogen-bond donors (Lipinski definition) is 2. The standard InChI is InChI=1S/C32H49N3O6/c1-20(36)41-26-18-32(39)25-7-6-22-17-23(33-29(38)35-13-5-12-34(4)14-15-35)8-10-30(22,2)24(25)9-11-31(32,3)28(26)21-16-27(37)40-19-21/h16,22-26,28,39H,5-15,17-19H2,1-4H3,(H,33,38)/t22-,23+,24+,25-,26+,28+,30+,31-,32+/m1/s1. The van der Waals surface area contributed by atoms with Gasteiger partial charge in [0.25, 0.3) is 0 Å². The van der Waals surface area contributed by atoms with E-state index in [1.54, 1.807) is 6.08 Å². The Labute approximate surface area is 244 Å². The molecular weight excluding hydrogens is 522 g/mol. The summed E-state index contributed by atoms with van der Waals surface area (Å²) < 4.78 is 11.1. The Morgan fingerprint density at radius 3 is 2.61 bits per heavy atom. The first-order chi connectivity index (χ1) is 19.4. The topological polar surface area (TPSA) is 108 Å². The van der Waals surface area contributed by atoms with Gasteiger partial charge < -0.3 is 29.7 Å². The number of hydrogen-bond acceptors (Lipinski definition) is 7. The van der Waals surface area contributed by atoms with Gasteiger partial charge in [-0.3, -0.25) is 4.79 Å². The Balaban J connectivity index is 1.18. The zero-order chi connectivity index (χ0) is 29.2. The van der Waals surface area contributed by atoms with Gasteiger partial charge in [0.05, 0.1) is 5.60 Å². The van der Waals surface area contributed by atoms with Crippen LogP contribution in [0.25, 0.3) is 0 Å². The van der Waals surface area contributed by atoms with Crippen LogP contribution in [0.4, 0.5) is 4.79 Å². The average Bonchev–Trinajstić information content (AvgIpc) is 3.32. The molecular formula is C32H49N3O6. The zero-order valence-electron chi connectivity index (χ0n) is 25.3. The van der Waals surface area contributed by atoms with Crippen LogP contribution in [0, 0.1) is 34.5 Å². The van der Waals surface area contributed by atoms with E-state index in [0.29, 0.717) is 18.3 Å². The molecule has 6 rings (SSSR count). The molecule has 0 aromatic rings. The molecule has 41 heavy (non-hydrogen) atoms. The number of cyclic esters (lactones) is 1.